The summed E-state index contributed by atoms with van der Waals surface area (Å²) in [7, 11) is 1.62. The molecule has 8 heteroatoms. The highest BCUT2D eigenvalue weighted by Crippen LogP contribution is 2.28. The maximum Gasteiger partial charge on any atom is 0.224 e. The Morgan fingerprint density at radius 1 is 1.21 bits per heavy atom. The van der Waals surface area contributed by atoms with Gasteiger partial charge in [0.05, 0.1) is 30.2 Å². The first-order chi connectivity index (χ1) is 13.5. The summed E-state index contributed by atoms with van der Waals surface area (Å²) in [6.07, 6.45) is 2.16. The molecule has 0 saturated carbocycles. The zero-order valence-corrected chi connectivity index (χ0v) is 16.5. The molecule has 0 radical (unpaired) electrons. The van der Waals surface area contributed by atoms with Crippen molar-refractivity contribution < 1.29 is 14.6 Å². The summed E-state index contributed by atoms with van der Waals surface area (Å²) in [6, 6.07) is 6.16. The molecule has 8 nitrogen and oxygen atoms in total. The molecule has 28 heavy (non-hydrogen) atoms. The number of nitrogens with zero attached hydrogens (tertiary/aromatic N) is 5. The smallest absolute Gasteiger partial charge is 0.224 e. The fourth-order valence-corrected chi connectivity index (χ4v) is 4.22. The molecule has 2 saturated heterocycles. The van der Waals surface area contributed by atoms with Crippen LogP contribution in [0.3, 0.4) is 0 Å². The summed E-state index contributed by atoms with van der Waals surface area (Å²) in [4.78, 5) is 26.4. The number of hydrogen-bond acceptors (Lipinski definition) is 7. The number of aliphatic hydroxyl groups is 1. The average Bonchev–Trinajstić information content (AvgIpc) is 3.10. The topological polar surface area (TPSA) is 82.0 Å². The van der Waals surface area contributed by atoms with Gasteiger partial charge in [0.25, 0.3) is 0 Å². The third kappa shape index (κ3) is 3.74. The van der Waals surface area contributed by atoms with Crippen LogP contribution in [0.2, 0.25) is 0 Å². The van der Waals surface area contributed by atoms with Crippen LogP contribution in [0.1, 0.15) is 13.3 Å². The minimum absolute atomic E-state index is 0.0384. The van der Waals surface area contributed by atoms with Crippen LogP contribution in [-0.2, 0) is 4.79 Å². The third-order valence-corrected chi connectivity index (χ3v) is 5.81. The highest BCUT2D eigenvalue weighted by molar-refractivity contribution is 5.86. The number of hydrogen-bond donors (Lipinski definition) is 1. The average molecular weight is 385 g/mol. The van der Waals surface area contributed by atoms with Crippen molar-refractivity contribution in [3.05, 3.63) is 24.5 Å². The normalized spacial score (nSPS) is 23.4. The summed E-state index contributed by atoms with van der Waals surface area (Å²) in [5, 5.41) is 11.8. The van der Waals surface area contributed by atoms with Gasteiger partial charge in [0.1, 0.15) is 6.33 Å². The van der Waals surface area contributed by atoms with E-state index >= 15 is 0 Å². The highest BCUT2D eigenvalue weighted by Gasteiger charge is 2.39. The second-order valence-electron chi connectivity index (χ2n) is 7.76. The predicted molar refractivity (Wildman–Crippen MR) is 107 cm³/mol. The predicted octanol–water partition coefficient (Wildman–Crippen LogP) is 0.744. The number of piperazine rings is 1. The number of carbonyl (C=O) groups excluding carboxylic acids is 1. The van der Waals surface area contributed by atoms with Crippen LogP contribution in [-0.4, -0.2) is 89.3 Å². The van der Waals surface area contributed by atoms with Crippen molar-refractivity contribution in [3.63, 3.8) is 0 Å². The van der Waals surface area contributed by atoms with E-state index in [4.69, 9.17) is 4.74 Å². The van der Waals surface area contributed by atoms with Gasteiger partial charge in [-0.3, -0.25) is 9.69 Å². The fraction of sp³-hybridized carbons (Fsp3) is 0.550. The molecule has 2 aromatic rings. The molecule has 0 aliphatic carbocycles. The molecular formula is C20H27N5O3. The van der Waals surface area contributed by atoms with Crippen LogP contribution < -0.4 is 9.64 Å². The minimum Gasteiger partial charge on any atom is -0.480 e. The van der Waals surface area contributed by atoms with Gasteiger partial charge in [-0.1, -0.05) is 0 Å². The second-order valence-corrected chi connectivity index (χ2v) is 7.76. The van der Waals surface area contributed by atoms with Crippen molar-refractivity contribution in [3.8, 4) is 5.88 Å². The number of aromatic nitrogens is 2. The molecule has 4 rings (SSSR count). The van der Waals surface area contributed by atoms with E-state index in [2.05, 4.69) is 31.9 Å². The number of likely N-dealkylation sites (tertiary alicyclic amines) is 1. The van der Waals surface area contributed by atoms with Gasteiger partial charge >= 0.3 is 0 Å². The lowest BCUT2D eigenvalue weighted by Gasteiger charge is -2.39. The number of anilines is 1. The first-order valence-corrected chi connectivity index (χ1v) is 9.71. The number of methoxy groups -OCH3 is 1. The minimum atomic E-state index is -0.790. The van der Waals surface area contributed by atoms with E-state index < -0.39 is 5.60 Å². The number of fused-ring (bicyclic) bond motifs is 1. The number of β-amino-alcohol motifs (C(OH)–C–C–N with tert-alkyl or cyclic N) is 1. The molecule has 0 spiro atoms. The summed E-state index contributed by atoms with van der Waals surface area (Å²) in [5.41, 5.74) is 1.21. The van der Waals surface area contributed by atoms with Crippen LogP contribution in [0.4, 0.5) is 5.69 Å². The molecule has 3 heterocycles. The van der Waals surface area contributed by atoms with Crippen LogP contribution >= 0.6 is 0 Å². The molecule has 1 atom stereocenters. The van der Waals surface area contributed by atoms with E-state index in [0.29, 0.717) is 31.9 Å². The Kier molecular flexibility index (Phi) is 5.07. The summed E-state index contributed by atoms with van der Waals surface area (Å²) < 4.78 is 5.36. The molecule has 1 aromatic heterocycles. The van der Waals surface area contributed by atoms with E-state index in [9.17, 15) is 9.90 Å². The van der Waals surface area contributed by atoms with E-state index in [1.165, 1.54) is 6.33 Å². The first-order valence-electron chi connectivity index (χ1n) is 9.71. The largest absolute Gasteiger partial charge is 0.480 e. The Balaban J connectivity index is 1.39. The van der Waals surface area contributed by atoms with E-state index in [-0.39, 0.29) is 5.91 Å². The molecule has 1 unspecified atom stereocenters. The van der Waals surface area contributed by atoms with Crippen molar-refractivity contribution in [1.82, 2.24) is 19.8 Å². The number of ether oxygens (including phenoxy) is 1. The number of amides is 1. The SMILES string of the molecule is COc1ncnc2ccc(N3CCN(CC4(O)CCN(C(C)=O)C4)CC3)cc12. The van der Waals surface area contributed by atoms with E-state index in [1.54, 1.807) is 18.9 Å². The number of rotatable bonds is 4. The van der Waals surface area contributed by atoms with Gasteiger partial charge < -0.3 is 19.6 Å². The van der Waals surface area contributed by atoms with Gasteiger partial charge in [0.2, 0.25) is 11.8 Å². The van der Waals surface area contributed by atoms with Gasteiger partial charge in [0, 0.05) is 51.9 Å². The van der Waals surface area contributed by atoms with Gasteiger partial charge in [0.15, 0.2) is 0 Å². The van der Waals surface area contributed by atoms with Gasteiger partial charge in [-0.05, 0) is 24.6 Å². The van der Waals surface area contributed by atoms with Crippen molar-refractivity contribution in [1.29, 1.82) is 0 Å². The lowest BCUT2D eigenvalue weighted by Crippen LogP contribution is -2.53. The second kappa shape index (κ2) is 7.52. The lowest BCUT2D eigenvalue weighted by molar-refractivity contribution is -0.128. The molecule has 2 fully saturated rings. The highest BCUT2D eigenvalue weighted by atomic mass is 16.5. The molecule has 1 aromatic carbocycles. The number of benzene rings is 1. The first kappa shape index (κ1) is 18.9. The summed E-state index contributed by atoms with van der Waals surface area (Å²) in [5.74, 6) is 0.625. The zero-order chi connectivity index (χ0) is 19.7. The molecule has 1 N–H and O–H groups in total. The summed E-state index contributed by atoms with van der Waals surface area (Å²) in [6.45, 7) is 6.78. The van der Waals surface area contributed by atoms with Crippen LogP contribution in [0, 0.1) is 0 Å². The van der Waals surface area contributed by atoms with Gasteiger partial charge in [-0.15, -0.1) is 0 Å². The molecule has 1 amide bonds. The lowest BCUT2D eigenvalue weighted by atomic mass is 10.0. The van der Waals surface area contributed by atoms with Crippen LogP contribution in [0.15, 0.2) is 24.5 Å². The van der Waals surface area contributed by atoms with E-state index in [0.717, 1.165) is 42.8 Å². The quantitative estimate of drug-likeness (QED) is 0.831. The Hall–Kier alpha value is -2.45. The zero-order valence-electron chi connectivity index (χ0n) is 16.5. The van der Waals surface area contributed by atoms with Gasteiger partial charge in [-0.2, -0.15) is 0 Å². The van der Waals surface area contributed by atoms with Gasteiger partial charge in [-0.25, -0.2) is 9.97 Å². The van der Waals surface area contributed by atoms with Crippen molar-refractivity contribution in [2.24, 2.45) is 0 Å². The molecular weight excluding hydrogens is 358 g/mol. The third-order valence-electron chi connectivity index (χ3n) is 5.81. The standard InChI is InChI=1S/C20H27N5O3/c1-15(26)25-6-5-20(27,13-25)12-23-7-9-24(10-8-23)16-3-4-18-17(11-16)19(28-2)22-14-21-18/h3-4,11,14,27H,5-10,12-13H2,1-2H3. The maximum atomic E-state index is 11.5. The molecule has 150 valence electrons. The Morgan fingerprint density at radius 2 is 2.00 bits per heavy atom. The van der Waals surface area contributed by atoms with Crippen molar-refractivity contribution in [2.75, 3.05) is 57.8 Å². The van der Waals surface area contributed by atoms with Crippen LogP contribution in [0.5, 0.6) is 5.88 Å². The maximum absolute atomic E-state index is 11.5. The van der Waals surface area contributed by atoms with Crippen LogP contribution in [0.25, 0.3) is 10.9 Å². The molecule has 2 aliphatic heterocycles. The Bertz CT molecular complexity index is 868. The van der Waals surface area contributed by atoms with Crippen molar-refractivity contribution >= 4 is 22.5 Å². The monoisotopic (exact) mass is 385 g/mol. The van der Waals surface area contributed by atoms with Crippen molar-refractivity contribution in [2.45, 2.75) is 18.9 Å². The fourth-order valence-electron chi connectivity index (χ4n) is 4.22. The Morgan fingerprint density at radius 3 is 2.68 bits per heavy atom. The molecule has 0 bridgehead atoms. The van der Waals surface area contributed by atoms with E-state index in [1.807, 2.05) is 6.07 Å². The Labute approximate surface area is 164 Å². The number of carbonyl (C=O) groups is 1. The molecule has 2 aliphatic rings. The summed E-state index contributed by atoms with van der Waals surface area (Å²) >= 11 is 0.